The van der Waals surface area contributed by atoms with Gasteiger partial charge in [-0.05, 0) is 40.3 Å². The molecule has 0 amide bonds. The van der Waals surface area contributed by atoms with Crippen LogP contribution in [0, 0.1) is 0 Å². The van der Waals surface area contributed by atoms with Crippen LogP contribution in [0.1, 0.15) is 33.6 Å². The van der Waals surface area contributed by atoms with Gasteiger partial charge in [-0.3, -0.25) is 9.69 Å². The number of rotatable bonds is 3. The van der Waals surface area contributed by atoms with Crippen LogP contribution in [0.3, 0.4) is 0 Å². The molecule has 0 aliphatic carbocycles. The Morgan fingerprint density at radius 2 is 1.93 bits per heavy atom. The molecule has 3 heteroatoms. The van der Waals surface area contributed by atoms with Crippen molar-refractivity contribution in [3.8, 4) is 0 Å². The number of Topliss-reactive ketones (excluding diaryl/α,β-unsaturated/α-hetero) is 1. The van der Waals surface area contributed by atoms with Crippen molar-refractivity contribution in [1.82, 2.24) is 9.80 Å². The Kier molecular flexibility index (Phi) is 4.29. The van der Waals surface area contributed by atoms with Crippen LogP contribution in [0.2, 0.25) is 0 Å². The summed E-state index contributed by atoms with van der Waals surface area (Å²) in [6.45, 7) is 10.2. The van der Waals surface area contributed by atoms with Gasteiger partial charge in [-0.15, -0.1) is 0 Å². The Morgan fingerprint density at radius 1 is 1.27 bits per heavy atom. The Hall–Kier alpha value is -0.410. The lowest BCUT2D eigenvalue weighted by Crippen LogP contribution is -2.52. The normalized spacial score (nSPS) is 24.5. The van der Waals surface area contributed by atoms with Crippen LogP contribution in [-0.2, 0) is 4.79 Å². The first-order chi connectivity index (χ1) is 7.00. The van der Waals surface area contributed by atoms with Crippen molar-refractivity contribution in [2.75, 3.05) is 33.2 Å². The summed E-state index contributed by atoms with van der Waals surface area (Å²) in [5, 5.41) is 0. The van der Waals surface area contributed by atoms with E-state index in [-0.39, 0.29) is 5.54 Å². The molecular weight excluding hydrogens is 188 g/mol. The number of hydrogen-bond acceptors (Lipinski definition) is 3. The van der Waals surface area contributed by atoms with Crippen molar-refractivity contribution in [1.29, 1.82) is 0 Å². The molecule has 1 rings (SSSR count). The molecule has 1 heterocycles. The minimum Gasteiger partial charge on any atom is -0.305 e. The highest BCUT2D eigenvalue weighted by Gasteiger charge is 2.35. The van der Waals surface area contributed by atoms with Gasteiger partial charge in [0.1, 0.15) is 5.78 Å². The first-order valence-corrected chi connectivity index (χ1v) is 5.95. The van der Waals surface area contributed by atoms with Crippen molar-refractivity contribution >= 4 is 5.78 Å². The van der Waals surface area contributed by atoms with E-state index in [1.54, 1.807) is 6.92 Å². The van der Waals surface area contributed by atoms with E-state index in [4.69, 9.17) is 0 Å². The van der Waals surface area contributed by atoms with E-state index in [0.29, 0.717) is 5.78 Å². The van der Waals surface area contributed by atoms with Gasteiger partial charge in [-0.25, -0.2) is 0 Å². The third kappa shape index (κ3) is 2.79. The molecule has 0 N–H and O–H groups in total. The molecule has 0 aromatic carbocycles. The summed E-state index contributed by atoms with van der Waals surface area (Å²) in [5.41, 5.74) is -0.245. The lowest BCUT2D eigenvalue weighted by molar-refractivity contribution is -0.128. The summed E-state index contributed by atoms with van der Waals surface area (Å²) in [4.78, 5) is 16.4. The van der Waals surface area contributed by atoms with E-state index < -0.39 is 0 Å². The lowest BCUT2D eigenvalue weighted by Gasteiger charge is -2.38. The van der Waals surface area contributed by atoms with Gasteiger partial charge in [-0.2, -0.15) is 0 Å². The molecule has 0 aromatic rings. The van der Waals surface area contributed by atoms with Crippen molar-refractivity contribution in [2.24, 2.45) is 0 Å². The molecule has 0 bridgehead atoms. The predicted molar refractivity (Wildman–Crippen MR) is 63.1 cm³/mol. The summed E-state index contributed by atoms with van der Waals surface area (Å²) in [7, 11) is 2.15. The van der Waals surface area contributed by atoms with Gasteiger partial charge in [0.25, 0.3) is 0 Å². The minimum atomic E-state index is -0.245. The van der Waals surface area contributed by atoms with Crippen LogP contribution in [0.25, 0.3) is 0 Å². The number of likely N-dealkylation sites (N-methyl/N-ethyl adjacent to an activating group) is 1. The van der Waals surface area contributed by atoms with Crippen molar-refractivity contribution in [2.45, 2.75) is 39.2 Å². The fourth-order valence-electron chi connectivity index (χ4n) is 2.24. The molecule has 3 nitrogen and oxygen atoms in total. The minimum absolute atomic E-state index is 0.245. The van der Waals surface area contributed by atoms with Crippen LogP contribution >= 0.6 is 0 Å². The maximum Gasteiger partial charge on any atom is 0.149 e. The Labute approximate surface area is 93.4 Å². The first kappa shape index (κ1) is 12.7. The van der Waals surface area contributed by atoms with E-state index in [2.05, 4.69) is 30.7 Å². The number of nitrogens with zero attached hydrogens (tertiary/aromatic N) is 2. The number of ketones is 1. The average molecular weight is 212 g/mol. The van der Waals surface area contributed by atoms with Crippen LogP contribution < -0.4 is 0 Å². The third-order valence-corrected chi connectivity index (χ3v) is 3.86. The second-order valence-corrected chi connectivity index (χ2v) is 4.83. The standard InChI is InChI=1S/C12H24N2O/c1-5-12(3,11(2)15)14-8-6-7-13(4)9-10-14/h5-10H2,1-4H3. The number of carbonyl (C=O) groups is 1. The molecule has 1 unspecified atom stereocenters. The molecule has 88 valence electrons. The fraction of sp³-hybridized carbons (Fsp3) is 0.917. The summed E-state index contributed by atoms with van der Waals surface area (Å²) >= 11 is 0. The summed E-state index contributed by atoms with van der Waals surface area (Å²) in [6.07, 6.45) is 2.07. The van der Waals surface area contributed by atoms with E-state index in [0.717, 1.165) is 32.6 Å². The molecule has 1 aliphatic heterocycles. The fourth-order valence-corrected chi connectivity index (χ4v) is 2.24. The zero-order valence-electron chi connectivity index (χ0n) is 10.5. The molecule has 1 aliphatic rings. The van der Waals surface area contributed by atoms with E-state index in [1.807, 2.05) is 0 Å². The molecule has 0 saturated carbocycles. The largest absolute Gasteiger partial charge is 0.305 e. The highest BCUT2D eigenvalue weighted by molar-refractivity contribution is 5.85. The third-order valence-electron chi connectivity index (χ3n) is 3.86. The van der Waals surface area contributed by atoms with E-state index in [9.17, 15) is 4.79 Å². The highest BCUT2D eigenvalue weighted by atomic mass is 16.1. The van der Waals surface area contributed by atoms with Gasteiger partial charge in [0.2, 0.25) is 0 Å². The van der Waals surface area contributed by atoms with Crippen LogP contribution in [0.15, 0.2) is 0 Å². The molecule has 0 aromatic heterocycles. The van der Waals surface area contributed by atoms with Crippen LogP contribution in [0.5, 0.6) is 0 Å². The summed E-state index contributed by atoms with van der Waals surface area (Å²) in [5.74, 6) is 0.301. The molecular formula is C12H24N2O. The highest BCUT2D eigenvalue weighted by Crippen LogP contribution is 2.22. The molecule has 1 fully saturated rings. The van der Waals surface area contributed by atoms with Gasteiger partial charge in [0.05, 0.1) is 5.54 Å². The Bertz CT molecular complexity index is 230. The Balaban J connectivity index is 2.72. The maximum absolute atomic E-state index is 11.7. The molecule has 1 atom stereocenters. The average Bonchev–Trinajstić information content (AvgIpc) is 2.41. The zero-order chi connectivity index (χ0) is 11.5. The number of hydrogen-bond donors (Lipinski definition) is 0. The van der Waals surface area contributed by atoms with Gasteiger partial charge in [0.15, 0.2) is 0 Å². The maximum atomic E-state index is 11.7. The quantitative estimate of drug-likeness (QED) is 0.706. The van der Waals surface area contributed by atoms with E-state index >= 15 is 0 Å². The SMILES string of the molecule is CCC(C)(C(C)=O)N1CCCN(C)CC1. The topological polar surface area (TPSA) is 23.6 Å². The monoisotopic (exact) mass is 212 g/mol. The summed E-state index contributed by atoms with van der Waals surface area (Å²) < 4.78 is 0. The van der Waals surface area contributed by atoms with Crippen molar-refractivity contribution in [3.63, 3.8) is 0 Å². The van der Waals surface area contributed by atoms with E-state index in [1.165, 1.54) is 6.42 Å². The molecule has 0 spiro atoms. The molecule has 15 heavy (non-hydrogen) atoms. The molecule has 1 saturated heterocycles. The second kappa shape index (κ2) is 5.08. The van der Waals surface area contributed by atoms with Crippen LogP contribution in [0.4, 0.5) is 0 Å². The van der Waals surface area contributed by atoms with Crippen molar-refractivity contribution < 1.29 is 4.79 Å². The van der Waals surface area contributed by atoms with Gasteiger partial charge < -0.3 is 4.90 Å². The van der Waals surface area contributed by atoms with Crippen molar-refractivity contribution in [3.05, 3.63) is 0 Å². The summed E-state index contributed by atoms with van der Waals surface area (Å²) in [6, 6.07) is 0. The smallest absolute Gasteiger partial charge is 0.149 e. The zero-order valence-corrected chi connectivity index (χ0v) is 10.5. The number of carbonyl (C=O) groups excluding carboxylic acids is 1. The lowest BCUT2D eigenvalue weighted by atomic mass is 9.91. The first-order valence-electron chi connectivity index (χ1n) is 5.95. The van der Waals surface area contributed by atoms with Crippen LogP contribution in [-0.4, -0.2) is 54.3 Å². The predicted octanol–water partition coefficient (Wildman–Crippen LogP) is 1.38. The molecule has 0 radical (unpaired) electrons. The van der Waals surface area contributed by atoms with Gasteiger partial charge >= 0.3 is 0 Å². The van der Waals surface area contributed by atoms with Gasteiger partial charge in [-0.1, -0.05) is 6.92 Å². The second-order valence-electron chi connectivity index (χ2n) is 4.83. The van der Waals surface area contributed by atoms with Gasteiger partial charge in [0, 0.05) is 19.6 Å². The Morgan fingerprint density at radius 3 is 2.47 bits per heavy atom.